The summed E-state index contributed by atoms with van der Waals surface area (Å²) in [7, 11) is 1.79. The van der Waals surface area contributed by atoms with Crippen LogP contribution < -0.4 is 15.4 Å². The summed E-state index contributed by atoms with van der Waals surface area (Å²) in [5.74, 6) is 1.83. The van der Waals surface area contributed by atoms with E-state index in [0.717, 1.165) is 43.4 Å². The molecule has 0 amide bonds. The number of benzene rings is 2. The first-order valence-electron chi connectivity index (χ1n) is 9.45. The molecule has 0 spiro atoms. The summed E-state index contributed by atoms with van der Waals surface area (Å²) in [6.45, 7) is 2.32. The molecule has 0 radical (unpaired) electrons. The van der Waals surface area contributed by atoms with Gasteiger partial charge in [-0.2, -0.15) is 5.10 Å². The summed E-state index contributed by atoms with van der Waals surface area (Å²) in [6.07, 6.45) is 5.17. The Labute approximate surface area is 164 Å². The lowest BCUT2D eigenvalue weighted by molar-refractivity contribution is 0.357. The van der Waals surface area contributed by atoms with Gasteiger partial charge in [0.2, 0.25) is 0 Å². The molecule has 0 bridgehead atoms. The van der Waals surface area contributed by atoms with Gasteiger partial charge in [0.15, 0.2) is 5.96 Å². The molecule has 28 heavy (non-hydrogen) atoms. The zero-order chi connectivity index (χ0) is 19.2. The number of ether oxygens (including phenoxy) is 1. The lowest BCUT2D eigenvalue weighted by Crippen LogP contribution is -2.37. The van der Waals surface area contributed by atoms with Gasteiger partial charge in [0.05, 0.1) is 12.3 Å². The maximum absolute atomic E-state index is 5.56. The Morgan fingerprint density at radius 1 is 1.14 bits per heavy atom. The fourth-order valence-electron chi connectivity index (χ4n) is 3.24. The van der Waals surface area contributed by atoms with Gasteiger partial charge in [-0.25, -0.2) is 9.67 Å². The number of fused-ring (bicyclic) bond motifs is 1. The van der Waals surface area contributed by atoms with Crippen LogP contribution in [0.15, 0.2) is 60.1 Å². The topological polar surface area (TPSA) is 76.4 Å². The largest absolute Gasteiger partial charge is 0.493 e. The minimum absolute atomic E-state index is 0.702. The first-order valence-corrected chi connectivity index (χ1v) is 9.45. The van der Waals surface area contributed by atoms with Crippen LogP contribution in [0.2, 0.25) is 0 Å². The van der Waals surface area contributed by atoms with Crippen molar-refractivity contribution in [2.75, 3.05) is 20.2 Å². The van der Waals surface area contributed by atoms with Crippen LogP contribution in [0.5, 0.6) is 5.75 Å². The smallest absolute Gasteiger partial charge is 0.191 e. The fraction of sp³-hybridized carbons (Fsp3) is 0.286. The summed E-state index contributed by atoms with van der Waals surface area (Å²) in [5.41, 5.74) is 4.79. The SMILES string of the molecule is CN=C(NCCc1ccc2c(c1)CCO2)NCc1ccc(-n2cncn2)cc1. The van der Waals surface area contributed by atoms with Gasteiger partial charge in [-0.15, -0.1) is 0 Å². The van der Waals surface area contributed by atoms with E-state index < -0.39 is 0 Å². The van der Waals surface area contributed by atoms with Crippen LogP contribution >= 0.6 is 0 Å². The van der Waals surface area contributed by atoms with Crippen LogP contribution in [-0.4, -0.2) is 40.9 Å². The molecule has 2 N–H and O–H groups in total. The van der Waals surface area contributed by atoms with Crippen LogP contribution in [0.3, 0.4) is 0 Å². The van der Waals surface area contributed by atoms with Gasteiger partial charge in [0.1, 0.15) is 18.4 Å². The minimum atomic E-state index is 0.702. The van der Waals surface area contributed by atoms with E-state index in [-0.39, 0.29) is 0 Å². The molecule has 3 aromatic rings. The Morgan fingerprint density at radius 3 is 2.79 bits per heavy atom. The number of hydrogen-bond acceptors (Lipinski definition) is 4. The van der Waals surface area contributed by atoms with Crippen molar-refractivity contribution in [1.29, 1.82) is 0 Å². The summed E-state index contributed by atoms with van der Waals surface area (Å²) >= 11 is 0. The van der Waals surface area contributed by atoms with Gasteiger partial charge in [0, 0.05) is 26.6 Å². The highest BCUT2D eigenvalue weighted by Crippen LogP contribution is 2.25. The van der Waals surface area contributed by atoms with Crippen molar-refractivity contribution in [2.24, 2.45) is 4.99 Å². The number of hydrogen-bond donors (Lipinski definition) is 2. The molecule has 0 fully saturated rings. The molecule has 2 aromatic carbocycles. The predicted molar refractivity (Wildman–Crippen MR) is 109 cm³/mol. The monoisotopic (exact) mass is 376 g/mol. The lowest BCUT2D eigenvalue weighted by atomic mass is 10.1. The van der Waals surface area contributed by atoms with E-state index in [0.29, 0.717) is 6.54 Å². The first kappa shape index (κ1) is 18.0. The van der Waals surface area contributed by atoms with Crippen molar-refractivity contribution in [2.45, 2.75) is 19.4 Å². The van der Waals surface area contributed by atoms with Crippen molar-refractivity contribution in [3.63, 3.8) is 0 Å². The second-order valence-electron chi connectivity index (χ2n) is 6.65. The molecule has 7 heteroatoms. The Balaban J connectivity index is 1.24. The van der Waals surface area contributed by atoms with E-state index in [4.69, 9.17) is 4.74 Å². The van der Waals surface area contributed by atoms with E-state index in [1.54, 1.807) is 18.1 Å². The van der Waals surface area contributed by atoms with Crippen molar-refractivity contribution in [1.82, 2.24) is 25.4 Å². The van der Waals surface area contributed by atoms with Gasteiger partial charge in [-0.05, 0) is 41.3 Å². The van der Waals surface area contributed by atoms with Crippen molar-refractivity contribution >= 4 is 5.96 Å². The van der Waals surface area contributed by atoms with Crippen LogP contribution in [0, 0.1) is 0 Å². The molecule has 0 saturated carbocycles. The molecule has 2 heterocycles. The third-order valence-electron chi connectivity index (χ3n) is 4.76. The average Bonchev–Trinajstić information content (AvgIpc) is 3.42. The summed E-state index contributed by atoms with van der Waals surface area (Å²) < 4.78 is 7.30. The number of nitrogens with zero attached hydrogens (tertiary/aromatic N) is 4. The van der Waals surface area contributed by atoms with Crippen molar-refractivity contribution < 1.29 is 4.74 Å². The van der Waals surface area contributed by atoms with E-state index in [1.807, 2.05) is 12.1 Å². The minimum Gasteiger partial charge on any atom is -0.493 e. The molecule has 0 unspecified atom stereocenters. The quantitative estimate of drug-likeness (QED) is 0.509. The third-order valence-corrected chi connectivity index (χ3v) is 4.76. The second kappa shape index (κ2) is 8.56. The summed E-state index contributed by atoms with van der Waals surface area (Å²) in [6, 6.07) is 14.7. The third kappa shape index (κ3) is 4.31. The first-order chi connectivity index (χ1) is 13.8. The van der Waals surface area contributed by atoms with Crippen molar-refractivity contribution in [3.05, 3.63) is 71.8 Å². The van der Waals surface area contributed by atoms with Crippen molar-refractivity contribution in [3.8, 4) is 11.4 Å². The van der Waals surface area contributed by atoms with Crippen LogP contribution in [-0.2, 0) is 19.4 Å². The molecule has 1 aliphatic heterocycles. The van der Waals surface area contributed by atoms with E-state index >= 15 is 0 Å². The molecular formula is C21H24N6O. The Hall–Kier alpha value is -3.35. The molecule has 1 aliphatic rings. The number of nitrogens with one attached hydrogen (secondary N) is 2. The van der Waals surface area contributed by atoms with Crippen LogP contribution in [0.25, 0.3) is 5.69 Å². The molecule has 0 atom stereocenters. The number of aromatic nitrogens is 3. The maximum Gasteiger partial charge on any atom is 0.191 e. The highest BCUT2D eigenvalue weighted by Gasteiger charge is 2.11. The normalized spacial score (nSPS) is 13.1. The van der Waals surface area contributed by atoms with Crippen LogP contribution in [0.4, 0.5) is 0 Å². The zero-order valence-electron chi connectivity index (χ0n) is 15.9. The molecule has 7 nitrogen and oxygen atoms in total. The van der Waals surface area contributed by atoms with E-state index in [2.05, 4.69) is 56.0 Å². The Morgan fingerprint density at radius 2 is 2.00 bits per heavy atom. The summed E-state index contributed by atoms with van der Waals surface area (Å²) in [4.78, 5) is 8.27. The number of rotatable bonds is 6. The molecule has 0 aliphatic carbocycles. The van der Waals surface area contributed by atoms with Crippen LogP contribution in [0.1, 0.15) is 16.7 Å². The molecule has 0 saturated heterocycles. The molecule has 1 aromatic heterocycles. The molecular weight excluding hydrogens is 352 g/mol. The van der Waals surface area contributed by atoms with E-state index in [1.165, 1.54) is 23.0 Å². The summed E-state index contributed by atoms with van der Waals surface area (Å²) in [5, 5.41) is 10.9. The maximum atomic E-state index is 5.56. The molecule has 144 valence electrons. The average molecular weight is 376 g/mol. The second-order valence-corrected chi connectivity index (χ2v) is 6.65. The zero-order valence-corrected chi connectivity index (χ0v) is 15.9. The highest BCUT2D eigenvalue weighted by atomic mass is 16.5. The van der Waals surface area contributed by atoms with Gasteiger partial charge in [-0.1, -0.05) is 24.3 Å². The van der Waals surface area contributed by atoms with Gasteiger partial charge in [0.25, 0.3) is 0 Å². The molecule has 4 rings (SSSR count). The standard InChI is InChI=1S/C21H24N6O/c1-22-21(24-10-8-16-4-7-20-18(12-16)9-11-28-20)25-13-17-2-5-19(6-3-17)27-15-23-14-26-27/h2-7,12,14-15H,8-11,13H2,1H3,(H2,22,24,25). The number of guanidine groups is 1. The predicted octanol–water partition coefficient (Wildman–Crippen LogP) is 2.11. The lowest BCUT2D eigenvalue weighted by Gasteiger charge is -2.12. The Bertz CT molecular complexity index is 934. The van der Waals surface area contributed by atoms with Gasteiger partial charge < -0.3 is 15.4 Å². The highest BCUT2D eigenvalue weighted by molar-refractivity contribution is 5.79. The Kier molecular flexibility index (Phi) is 5.51. The fourth-order valence-corrected chi connectivity index (χ4v) is 3.24. The number of aliphatic imine (C=N–C) groups is 1. The van der Waals surface area contributed by atoms with Gasteiger partial charge in [-0.3, -0.25) is 4.99 Å². The van der Waals surface area contributed by atoms with Gasteiger partial charge >= 0.3 is 0 Å². The van der Waals surface area contributed by atoms with E-state index in [9.17, 15) is 0 Å².